The highest BCUT2D eigenvalue weighted by molar-refractivity contribution is 7.15. The number of hydrogen-bond acceptors (Lipinski definition) is 4. The average molecular weight is 293 g/mol. The van der Waals surface area contributed by atoms with Gasteiger partial charge >= 0.3 is 0 Å². The molecule has 0 aromatic carbocycles. The van der Waals surface area contributed by atoms with Crippen molar-refractivity contribution in [2.45, 2.75) is 58.9 Å². The summed E-state index contributed by atoms with van der Waals surface area (Å²) in [6.07, 6.45) is 5.26. The van der Waals surface area contributed by atoms with E-state index < -0.39 is 0 Å². The number of rotatable bonds is 5. The highest BCUT2D eigenvalue weighted by Gasteiger charge is 2.32. The van der Waals surface area contributed by atoms with Crippen LogP contribution >= 0.6 is 11.3 Å². The van der Waals surface area contributed by atoms with Gasteiger partial charge in [0, 0.05) is 30.4 Å². The van der Waals surface area contributed by atoms with Gasteiger partial charge in [-0.2, -0.15) is 0 Å². The summed E-state index contributed by atoms with van der Waals surface area (Å²) in [5, 5.41) is 4.74. The van der Waals surface area contributed by atoms with E-state index in [1.807, 2.05) is 11.3 Å². The van der Waals surface area contributed by atoms with Crippen LogP contribution in [0.5, 0.6) is 0 Å². The third-order valence-corrected chi connectivity index (χ3v) is 5.74. The zero-order valence-electron chi connectivity index (χ0n) is 13.0. The smallest absolute Gasteiger partial charge is 0.185 e. The molecule has 0 atom stereocenters. The summed E-state index contributed by atoms with van der Waals surface area (Å²) in [5.41, 5.74) is 1.91. The number of hydrogen-bond donors (Lipinski definition) is 1. The van der Waals surface area contributed by atoms with Crippen LogP contribution in [-0.4, -0.2) is 24.6 Å². The van der Waals surface area contributed by atoms with Gasteiger partial charge in [0.2, 0.25) is 0 Å². The van der Waals surface area contributed by atoms with Crippen molar-refractivity contribution in [2.75, 3.05) is 24.5 Å². The maximum Gasteiger partial charge on any atom is 0.185 e. The van der Waals surface area contributed by atoms with Gasteiger partial charge in [0.15, 0.2) is 5.13 Å². The molecular formula is C16H27N3S. The van der Waals surface area contributed by atoms with Crippen molar-refractivity contribution in [3.8, 4) is 0 Å². The first-order chi connectivity index (χ1) is 9.59. The molecule has 1 aliphatic heterocycles. The maximum atomic E-state index is 5.00. The molecule has 2 heterocycles. The highest BCUT2D eigenvalue weighted by Crippen LogP contribution is 2.44. The number of thiazole rings is 1. The fraction of sp³-hybridized carbons (Fsp3) is 0.812. The molecule has 1 aromatic rings. The van der Waals surface area contributed by atoms with Gasteiger partial charge in [0.05, 0.1) is 5.69 Å². The van der Waals surface area contributed by atoms with E-state index >= 15 is 0 Å². The number of anilines is 1. The van der Waals surface area contributed by atoms with E-state index in [9.17, 15) is 0 Å². The SMILES string of the molecule is CCNCc1sc(N2CCC(C)(C)CC2)nc1C1CC1. The van der Waals surface area contributed by atoms with Gasteiger partial charge in [-0.1, -0.05) is 20.8 Å². The molecule has 1 aliphatic carbocycles. The van der Waals surface area contributed by atoms with Crippen LogP contribution in [0.4, 0.5) is 5.13 Å². The third-order valence-electron chi connectivity index (χ3n) is 4.60. The lowest BCUT2D eigenvalue weighted by Gasteiger charge is -2.36. The standard InChI is InChI=1S/C16H27N3S/c1-4-17-11-13-14(12-5-6-12)18-15(20-13)19-9-7-16(2,3)8-10-19/h12,17H,4-11H2,1-3H3. The van der Waals surface area contributed by atoms with E-state index in [4.69, 9.17) is 4.98 Å². The maximum absolute atomic E-state index is 5.00. The number of nitrogens with one attached hydrogen (secondary N) is 1. The Morgan fingerprint density at radius 1 is 1.30 bits per heavy atom. The Morgan fingerprint density at radius 3 is 2.60 bits per heavy atom. The number of nitrogens with zero attached hydrogens (tertiary/aromatic N) is 2. The van der Waals surface area contributed by atoms with Crippen molar-refractivity contribution in [3.63, 3.8) is 0 Å². The summed E-state index contributed by atoms with van der Waals surface area (Å²) in [4.78, 5) is 8.99. The second kappa shape index (κ2) is 5.64. The van der Waals surface area contributed by atoms with Crippen molar-refractivity contribution in [3.05, 3.63) is 10.6 Å². The monoisotopic (exact) mass is 293 g/mol. The second-order valence-electron chi connectivity index (χ2n) is 7.01. The molecular weight excluding hydrogens is 266 g/mol. The molecule has 3 rings (SSSR count). The highest BCUT2D eigenvalue weighted by atomic mass is 32.1. The van der Waals surface area contributed by atoms with E-state index in [-0.39, 0.29) is 0 Å². The number of aromatic nitrogens is 1. The van der Waals surface area contributed by atoms with Gasteiger partial charge in [-0.15, -0.1) is 11.3 Å². The molecule has 1 saturated heterocycles. The summed E-state index contributed by atoms with van der Waals surface area (Å²) in [5.74, 6) is 0.759. The predicted molar refractivity (Wildman–Crippen MR) is 86.7 cm³/mol. The van der Waals surface area contributed by atoms with E-state index in [0.717, 1.165) is 19.0 Å². The van der Waals surface area contributed by atoms with Crippen molar-refractivity contribution >= 4 is 16.5 Å². The van der Waals surface area contributed by atoms with Gasteiger partial charge in [-0.25, -0.2) is 4.98 Å². The first kappa shape index (κ1) is 14.3. The van der Waals surface area contributed by atoms with Gasteiger partial charge in [-0.05, 0) is 37.6 Å². The topological polar surface area (TPSA) is 28.2 Å². The first-order valence-electron chi connectivity index (χ1n) is 8.04. The van der Waals surface area contributed by atoms with Crippen LogP contribution in [0.2, 0.25) is 0 Å². The normalized spacial score (nSPS) is 22.2. The molecule has 1 N–H and O–H groups in total. The van der Waals surface area contributed by atoms with Gasteiger partial charge in [0.25, 0.3) is 0 Å². The quantitative estimate of drug-likeness (QED) is 0.896. The van der Waals surface area contributed by atoms with E-state index in [0.29, 0.717) is 5.41 Å². The Kier molecular flexibility index (Phi) is 4.04. The van der Waals surface area contributed by atoms with Crippen molar-refractivity contribution in [2.24, 2.45) is 5.41 Å². The fourth-order valence-electron chi connectivity index (χ4n) is 2.83. The molecule has 4 heteroatoms. The summed E-state index contributed by atoms with van der Waals surface area (Å²) in [6, 6.07) is 0. The molecule has 1 aromatic heterocycles. The van der Waals surface area contributed by atoms with Crippen LogP contribution in [0.3, 0.4) is 0 Å². The van der Waals surface area contributed by atoms with E-state index in [1.54, 1.807) is 0 Å². The van der Waals surface area contributed by atoms with Crippen molar-refractivity contribution in [1.82, 2.24) is 10.3 Å². The van der Waals surface area contributed by atoms with E-state index in [2.05, 4.69) is 31.0 Å². The van der Waals surface area contributed by atoms with Crippen molar-refractivity contribution in [1.29, 1.82) is 0 Å². The Hall–Kier alpha value is -0.610. The van der Waals surface area contributed by atoms with E-state index in [1.165, 1.54) is 54.5 Å². The minimum absolute atomic E-state index is 0.514. The molecule has 3 nitrogen and oxygen atoms in total. The van der Waals surface area contributed by atoms with Crippen LogP contribution in [0, 0.1) is 5.41 Å². The lowest BCUT2D eigenvalue weighted by atomic mass is 9.83. The zero-order valence-corrected chi connectivity index (χ0v) is 13.9. The Balaban J connectivity index is 1.73. The van der Waals surface area contributed by atoms with Gasteiger partial charge in [-0.3, -0.25) is 0 Å². The molecule has 1 saturated carbocycles. The third kappa shape index (κ3) is 3.17. The van der Waals surface area contributed by atoms with Gasteiger partial charge in [0.1, 0.15) is 0 Å². The molecule has 2 fully saturated rings. The minimum Gasteiger partial charge on any atom is -0.348 e. The van der Waals surface area contributed by atoms with Crippen LogP contribution < -0.4 is 10.2 Å². The molecule has 0 amide bonds. The lowest BCUT2D eigenvalue weighted by Crippen LogP contribution is -2.37. The molecule has 2 aliphatic rings. The number of piperidine rings is 1. The Bertz CT molecular complexity index is 452. The zero-order chi connectivity index (χ0) is 14.2. The molecule has 0 spiro atoms. The summed E-state index contributed by atoms with van der Waals surface area (Å²) in [7, 11) is 0. The van der Waals surface area contributed by atoms with Crippen LogP contribution in [-0.2, 0) is 6.54 Å². The predicted octanol–water partition coefficient (Wildman–Crippen LogP) is 3.76. The lowest BCUT2D eigenvalue weighted by molar-refractivity contribution is 0.279. The van der Waals surface area contributed by atoms with Crippen molar-refractivity contribution < 1.29 is 0 Å². The summed E-state index contributed by atoms with van der Waals surface area (Å²) in [6.45, 7) is 11.3. The van der Waals surface area contributed by atoms with Gasteiger partial charge < -0.3 is 10.2 Å². The molecule has 0 radical (unpaired) electrons. The summed E-state index contributed by atoms with van der Waals surface area (Å²) < 4.78 is 0. The molecule has 112 valence electrons. The fourth-order valence-corrected chi connectivity index (χ4v) is 4.00. The average Bonchev–Trinajstić information content (AvgIpc) is 3.17. The molecule has 0 bridgehead atoms. The van der Waals surface area contributed by atoms with Crippen LogP contribution in [0.1, 0.15) is 62.9 Å². The second-order valence-corrected chi connectivity index (χ2v) is 8.07. The Labute approximate surface area is 126 Å². The van der Waals surface area contributed by atoms with Crippen LogP contribution in [0.15, 0.2) is 0 Å². The largest absolute Gasteiger partial charge is 0.348 e. The first-order valence-corrected chi connectivity index (χ1v) is 8.86. The van der Waals surface area contributed by atoms with Crippen LogP contribution in [0.25, 0.3) is 0 Å². The Morgan fingerprint density at radius 2 is 2.00 bits per heavy atom. The molecule has 0 unspecified atom stereocenters. The molecule has 20 heavy (non-hydrogen) atoms. The summed E-state index contributed by atoms with van der Waals surface area (Å²) >= 11 is 1.93. The minimum atomic E-state index is 0.514.